The summed E-state index contributed by atoms with van der Waals surface area (Å²) in [5.74, 6) is 0.634. The molecule has 1 amide bonds. The van der Waals surface area contributed by atoms with Crippen molar-refractivity contribution >= 4 is 28.6 Å². The Kier molecular flexibility index (Phi) is 6.71. The van der Waals surface area contributed by atoms with Gasteiger partial charge in [-0.25, -0.2) is 14.8 Å². The lowest BCUT2D eigenvalue weighted by Gasteiger charge is -2.34. The highest BCUT2D eigenvalue weighted by Gasteiger charge is 2.32. The molecule has 4 rings (SSSR count). The van der Waals surface area contributed by atoms with E-state index in [4.69, 9.17) is 10.5 Å². The van der Waals surface area contributed by atoms with Crippen LogP contribution in [0.5, 0.6) is 0 Å². The Bertz CT molecular complexity index is 1220. The van der Waals surface area contributed by atoms with E-state index in [1.807, 2.05) is 52.1 Å². The summed E-state index contributed by atoms with van der Waals surface area (Å²) in [4.78, 5) is 23.1. The lowest BCUT2D eigenvalue weighted by atomic mass is 9.86. The van der Waals surface area contributed by atoms with Crippen molar-refractivity contribution in [1.29, 1.82) is 0 Å². The Morgan fingerprint density at radius 3 is 2.51 bits per heavy atom. The molecule has 1 atom stereocenters. The zero-order chi connectivity index (χ0) is 25.3. The summed E-state index contributed by atoms with van der Waals surface area (Å²) in [7, 11) is 1.98. The van der Waals surface area contributed by atoms with Crippen molar-refractivity contribution in [1.82, 2.24) is 19.4 Å². The van der Waals surface area contributed by atoms with Crippen molar-refractivity contribution in [2.75, 3.05) is 24.1 Å². The van der Waals surface area contributed by atoms with Gasteiger partial charge >= 0.3 is 6.09 Å². The number of aliphatic hydroxyl groups excluding tert-OH is 1. The summed E-state index contributed by atoms with van der Waals surface area (Å²) >= 11 is 0. The van der Waals surface area contributed by atoms with E-state index in [0.29, 0.717) is 18.9 Å². The first-order valence-corrected chi connectivity index (χ1v) is 11.8. The molecule has 0 spiro atoms. The Balaban J connectivity index is 1.69. The predicted molar refractivity (Wildman–Crippen MR) is 138 cm³/mol. The van der Waals surface area contributed by atoms with E-state index >= 15 is 0 Å². The van der Waals surface area contributed by atoms with Crippen LogP contribution in [-0.2, 0) is 11.8 Å². The van der Waals surface area contributed by atoms with Crippen LogP contribution in [0.1, 0.15) is 45.1 Å². The average Bonchev–Trinajstić information content (AvgIpc) is 3.12. The number of aliphatic hydroxyl groups is 1. The number of aromatic nitrogens is 3. The molecule has 4 N–H and O–H groups in total. The second-order valence-corrected chi connectivity index (χ2v) is 9.92. The molecule has 1 aliphatic heterocycles. The number of aryl methyl sites for hydroxylation is 1. The van der Waals surface area contributed by atoms with E-state index in [1.165, 1.54) is 12.4 Å². The minimum atomic E-state index is -0.820. The number of likely N-dealkylation sites (tertiary alicyclic amines) is 1. The first-order chi connectivity index (χ1) is 16.6. The average molecular weight is 479 g/mol. The van der Waals surface area contributed by atoms with E-state index in [1.54, 1.807) is 4.90 Å². The fourth-order valence-corrected chi connectivity index (χ4v) is 4.68. The molecule has 35 heavy (non-hydrogen) atoms. The van der Waals surface area contributed by atoms with Crippen LogP contribution in [0.25, 0.3) is 22.3 Å². The number of hydrogen-bond acceptors (Lipinski definition) is 7. The Morgan fingerprint density at radius 2 is 1.91 bits per heavy atom. The van der Waals surface area contributed by atoms with Gasteiger partial charge in [0.25, 0.3) is 0 Å². The van der Waals surface area contributed by atoms with Crippen molar-refractivity contribution in [2.45, 2.75) is 51.4 Å². The number of hydrogen-bond donors (Lipinski definition) is 3. The highest BCUT2D eigenvalue weighted by molar-refractivity contribution is 5.96. The van der Waals surface area contributed by atoms with Gasteiger partial charge in [-0.1, -0.05) is 18.7 Å². The van der Waals surface area contributed by atoms with Gasteiger partial charge in [-0.2, -0.15) is 0 Å². The van der Waals surface area contributed by atoms with Gasteiger partial charge in [0.1, 0.15) is 29.6 Å². The second-order valence-electron chi connectivity index (χ2n) is 9.92. The quantitative estimate of drug-likeness (QED) is 0.371. The zero-order valence-corrected chi connectivity index (χ0v) is 20.8. The van der Waals surface area contributed by atoms with Gasteiger partial charge in [-0.15, -0.1) is 0 Å². The summed E-state index contributed by atoms with van der Waals surface area (Å²) in [6.07, 6.45) is 3.39. The molecule has 9 nitrogen and oxygen atoms in total. The largest absolute Gasteiger partial charge is 0.444 e. The first-order valence-electron chi connectivity index (χ1n) is 11.8. The summed E-state index contributed by atoms with van der Waals surface area (Å²) < 4.78 is 7.62. The zero-order valence-electron chi connectivity index (χ0n) is 20.8. The summed E-state index contributed by atoms with van der Waals surface area (Å²) in [5, 5.41) is 13.6. The molecular formula is C26H34N6O3. The highest BCUT2D eigenvalue weighted by atomic mass is 16.6. The molecule has 0 radical (unpaired) electrons. The third-order valence-electron chi connectivity index (χ3n) is 6.29. The molecule has 1 aromatic carbocycles. The number of carbonyl (C=O) groups excluding carboxylic acids is 1. The van der Waals surface area contributed by atoms with Crippen LogP contribution < -0.4 is 11.1 Å². The van der Waals surface area contributed by atoms with Crippen LogP contribution >= 0.6 is 0 Å². The molecule has 3 heterocycles. The van der Waals surface area contributed by atoms with E-state index in [0.717, 1.165) is 46.4 Å². The van der Waals surface area contributed by atoms with Crippen LogP contribution in [0.4, 0.5) is 16.3 Å². The highest BCUT2D eigenvalue weighted by Crippen LogP contribution is 2.43. The lowest BCUT2D eigenvalue weighted by Crippen LogP contribution is -2.41. The molecular weight excluding hydrogens is 444 g/mol. The molecule has 186 valence electrons. The van der Waals surface area contributed by atoms with Crippen molar-refractivity contribution in [3.05, 3.63) is 48.8 Å². The van der Waals surface area contributed by atoms with Gasteiger partial charge in [0, 0.05) is 25.8 Å². The monoisotopic (exact) mass is 478 g/mol. The maximum absolute atomic E-state index is 12.6. The van der Waals surface area contributed by atoms with Crippen molar-refractivity contribution in [3.8, 4) is 11.3 Å². The van der Waals surface area contributed by atoms with Crippen LogP contribution in [-0.4, -0.2) is 55.6 Å². The van der Waals surface area contributed by atoms with E-state index in [-0.39, 0.29) is 12.0 Å². The molecule has 2 aromatic heterocycles. The minimum absolute atomic E-state index is 0.182. The van der Waals surface area contributed by atoms with Crippen LogP contribution in [0.15, 0.2) is 43.2 Å². The smallest absolute Gasteiger partial charge is 0.410 e. The number of nitrogens with one attached hydrogen (secondary N) is 1. The number of nitrogen functional groups attached to an aromatic ring is 1. The summed E-state index contributed by atoms with van der Waals surface area (Å²) in [6, 6.07) is 7.86. The van der Waals surface area contributed by atoms with E-state index in [9.17, 15) is 9.90 Å². The number of anilines is 2. The number of ether oxygens (including phenoxy) is 1. The first kappa shape index (κ1) is 24.5. The molecule has 0 aliphatic carbocycles. The van der Waals surface area contributed by atoms with Crippen LogP contribution in [0.3, 0.4) is 0 Å². The number of rotatable bonds is 5. The van der Waals surface area contributed by atoms with E-state index in [2.05, 4.69) is 26.4 Å². The number of nitrogens with zero attached hydrogens (tertiary/aromatic N) is 4. The summed E-state index contributed by atoms with van der Waals surface area (Å²) in [6.45, 7) is 10.4. The molecule has 1 unspecified atom stereocenters. The second kappa shape index (κ2) is 9.58. The van der Waals surface area contributed by atoms with Crippen LogP contribution in [0, 0.1) is 0 Å². The van der Waals surface area contributed by atoms with Crippen molar-refractivity contribution < 1.29 is 14.6 Å². The van der Waals surface area contributed by atoms with Crippen molar-refractivity contribution in [3.63, 3.8) is 0 Å². The van der Waals surface area contributed by atoms with Gasteiger partial charge in [-0.3, -0.25) is 0 Å². The number of fused-ring (bicyclic) bond motifs is 1. The molecule has 9 heteroatoms. The normalized spacial score (nSPS) is 15.7. The number of carbonyl (C=O) groups is 1. The third kappa shape index (κ3) is 5.09. The number of amides is 1. The van der Waals surface area contributed by atoms with Crippen LogP contribution in [0.2, 0.25) is 0 Å². The molecule has 3 aromatic rings. The molecule has 0 saturated carbocycles. The van der Waals surface area contributed by atoms with Gasteiger partial charge in [0.15, 0.2) is 0 Å². The molecule has 1 aliphatic rings. The minimum Gasteiger partial charge on any atom is -0.444 e. The molecule has 1 fully saturated rings. The topological polar surface area (TPSA) is 119 Å². The Morgan fingerprint density at radius 1 is 1.26 bits per heavy atom. The number of nitrogens with two attached hydrogens (primary N) is 1. The predicted octanol–water partition coefficient (Wildman–Crippen LogP) is 4.25. The number of benzene rings is 1. The van der Waals surface area contributed by atoms with Crippen molar-refractivity contribution in [2.24, 2.45) is 7.05 Å². The van der Waals surface area contributed by atoms with E-state index < -0.39 is 11.8 Å². The van der Waals surface area contributed by atoms with Gasteiger partial charge in [-0.05, 0) is 68.9 Å². The maximum Gasteiger partial charge on any atom is 0.410 e. The van der Waals surface area contributed by atoms with Gasteiger partial charge in [0.2, 0.25) is 0 Å². The standard InChI is InChI=1S/C26H34N6O3/c1-6-19(33)30-18-9-7-17(8-10-18)22-20(21-23(27)28-15-29-24(21)31(22)5)16-11-13-32(14-12-16)25(34)35-26(2,3)4/h6-10,15-16,19,30,33H,1,11-14H2,2-5H3,(H2,27,28,29). The Hall–Kier alpha value is -3.59. The van der Waals surface area contributed by atoms with Gasteiger partial charge < -0.3 is 30.4 Å². The molecule has 0 bridgehead atoms. The summed E-state index contributed by atoms with van der Waals surface area (Å²) in [5.41, 5.74) is 10.5. The third-order valence-corrected chi connectivity index (χ3v) is 6.29. The fraction of sp³-hybridized carbons (Fsp3) is 0.423. The SMILES string of the molecule is C=CC(O)Nc1ccc(-c2c(C3CCN(C(=O)OC(C)(C)C)CC3)c3c(N)ncnc3n2C)cc1. The lowest BCUT2D eigenvalue weighted by molar-refractivity contribution is 0.0205. The molecule has 1 saturated heterocycles. The van der Waals surface area contributed by atoms with Gasteiger partial charge in [0.05, 0.1) is 11.1 Å². The Labute approximate surface area is 205 Å². The number of piperidine rings is 1. The maximum atomic E-state index is 12.6. The fourth-order valence-electron chi connectivity index (χ4n) is 4.68.